The molecular formula is C13H23N5O. The number of nitrogen functional groups attached to an aromatic ring is 1. The minimum Gasteiger partial charge on any atom is -0.383 e. The molecule has 0 bridgehead atoms. The van der Waals surface area contributed by atoms with Gasteiger partial charge in [0, 0.05) is 18.2 Å². The predicted octanol–water partition coefficient (Wildman–Crippen LogP) is 1.03. The van der Waals surface area contributed by atoms with E-state index in [0.717, 1.165) is 11.4 Å². The first-order valence-corrected chi connectivity index (χ1v) is 6.50. The molecule has 3 N–H and O–H groups in total. The van der Waals surface area contributed by atoms with Gasteiger partial charge < -0.3 is 16.0 Å². The Morgan fingerprint density at radius 1 is 1.37 bits per heavy atom. The summed E-state index contributed by atoms with van der Waals surface area (Å²) in [7, 11) is 0. The second kappa shape index (κ2) is 6.36. The molecule has 0 aliphatic carbocycles. The van der Waals surface area contributed by atoms with Crippen LogP contribution in [-0.2, 0) is 4.79 Å². The molecule has 0 unspecified atom stereocenters. The lowest BCUT2D eigenvalue weighted by molar-refractivity contribution is -0.120. The Balaban J connectivity index is 2.94. The van der Waals surface area contributed by atoms with Crippen LogP contribution in [0.2, 0.25) is 0 Å². The van der Waals surface area contributed by atoms with E-state index in [4.69, 9.17) is 5.73 Å². The molecule has 1 aromatic rings. The molecule has 106 valence electrons. The number of nitrogens with one attached hydrogen (secondary N) is 1. The smallest absolute Gasteiger partial charge is 0.239 e. The van der Waals surface area contributed by atoms with Gasteiger partial charge in [-0.25, -0.2) is 9.97 Å². The Kier molecular flexibility index (Phi) is 5.09. The quantitative estimate of drug-likeness (QED) is 0.830. The first-order valence-electron chi connectivity index (χ1n) is 6.50. The largest absolute Gasteiger partial charge is 0.383 e. The Hall–Kier alpha value is -1.85. The summed E-state index contributed by atoms with van der Waals surface area (Å²) in [6.07, 6.45) is 0. The first-order chi connectivity index (χ1) is 8.85. The normalized spacial score (nSPS) is 10.6. The minimum atomic E-state index is -0.0221. The molecule has 0 spiro atoms. The topological polar surface area (TPSA) is 84.1 Å². The Morgan fingerprint density at radius 3 is 2.53 bits per heavy atom. The third-order valence-corrected chi connectivity index (χ3v) is 2.73. The number of amides is 1. The molecule has 0 aliphatic rings. The molecule has 0 aliphatic heterocycles. The predicted molar refractivity (Wildman–Crippen MR) is 77.1 cm³/mol. The number of aryl methyl sites for hydroxylation is 1. The van der Waals surface area contributed by atoms with Crippen LogP contribution in [0.3, 0.4) is 0 Å². The van der Waals surface area contributed by atoms with Crippen molar-refractivity contribution in [1.29, 1.82) is 0 Å². The molecule has 0 saturated heterocycles. The van der Waals surface area contributed by atoms with Gasteiger partial charge in [-0.2, -0.15) is 0 Å². The summed E-state index contributed by atoms with van der Waals surface area (Å²) in [6.45, 7) is 10.5. The van der Waals surface area contributed by atoms with Crippen molar-refractivity contribution in [2.45, 2.75) is 40.7 Å². The molecule has 1 heterocycles. The van der Waals surface area contributed by atoms with E-state index >= 15 is 0 Å². The monoisotopic (exact) mass is 265 g/mol. The zero-order valence-electron chi connectivity index (χ0n) is 12.3. The SMILES string of the molecule is CCN(CC(=O)NC(C)C)c1nc(C)nc(N)c1C. The Bertz CT molecular complexity index is 459. The fourth-order valence-electron chi connectivity index (χ4n) is 1.82. The number of likely N-dealkylation sites (N-methyl/N-ethyl adjacent to an activating group) is 1. The van der Waals surface area contributed by atoms with Crippen LogP contribution in [0.5, 0.6) is 0 Å². The summed E-state index contributed by atoms with van der Waals surface area (Å²) in [4.78, 5) is 22.3. The second-order valence-electron chi connectivity index (χ2n) is 4.84. The molecule has 1 rings (SSSR count). The molecule has 6 heteroatoms. The second-order valence-corrected chi connectivity index (χ2v) is 4.84. The fourth-order valence-corrected chi connectivity index (χ4v) is 1.82. The Morgan fingerprint density at radius 2 is 2.00 bits per heavy atom. The number of carbonyl (C=O) groups is 1. The van der Waals surface area contributed by atoms with Gasteiger partial charge in [-0.3, -0.25) is 4.79 Å². The number of carbonyl (C=O) groups excluding carboxylic acids is 1. The number of nitrogens with two attached hydrogens (primary N) is 1. The van der Waals surface area contributed by atoms with Crippen molar-refractivity contribution >= 4 is 17.5 Å². The molecule has 1 amide bonds. The van der Waals surface area contributed by atoms with Crippen molar-refractivity contribution < 1.29 is 4.79 Å². The van der Waals surface area contributed by atoms with Crippen LogP contribution >= 0.6 is 0 Å². The summed E-state index contributed by atoms with van der Waals surface area (Å²) in [5, 5.41) is 2.87. The van der Waals surface area contributed by atoms with Crippen molar-refractivity contribution in [3.8, 4) is 0 Å². The van der Waals surface area contributed by atoms with E-state index in [9.17, 15) is 4.79 Å². The van der Waals surface area contributed by atoms with Crippen LogP contribution in [-0.4, -0.2) is 35.0 Å². The summed E-state index contributed by atoms with van der Waals surface area (Å²) < 4.78 is 0. The van der Waals surface area contributed by atoms with Crippen molar-refractivity contribution in [2.75, 3.05) is 23.7 Å². The van der Waals surface area contributed by atoms with Crippen LogP contribution in [0.1, 0.15) is 32.2 Å². The van der Waals surface area contributed by atoms with Crippen LogP contribution < -0.4 is 16.0 Å². The molecular weight excluding hydrogens is 242 g/mol. The van der Waals surface area contributed by atoms with Crippen LogP contribution in [0.15, 0.2) is 0 Å². The van der Waals surface area contributed by atoms with Gasteiger partial charge in [0.1, 0.15) is 17.5 Å². The van der Waals surface area contributed by atoms with E-state index in [-0.39, 0.29) is 18.5 Å². The lowest BCUT2D eigenvalue weighted by Gasteiger charge is -2.24. The fraction of sp³-hybridized carbons (Fsp3) is 0.615. The number of hydrogen-bond donors (Lipinski definition) is 2. The van der Waals surface area contributed by atoms with Gasteiger partial charge in [0.25, 0.3) is 0 Å². The van der Waals surface area contributed by atoms with Crippen LogP contribution in [0.25, 0.3) is 0 Å². The van der Waals surface area contributed by atoms with Crippen molar-refractivity contribution in [3.05, 3.63) is 11.4 Å². The highest BCUT2D eigenvalue weighted by Gasteiger charge is 2.16. The minimum absolute atomic E-state index is 0.0221. The lowest BCUT2D eigenvalue weighted by Crippen LogP contribution is -2.40. The third-order valence-electron chi connectivity index (χ3n) is 2.73. The van der Waals surface area contributed by atoms with Gasteiger partial charge in [-0.05, 0) is 34.6 Å². The van der Waals surface area contributed by atoms with Gasteiger partial charge in [0.05, 0.1) is 6.54 Å². The highest BCUT2D eigenvalue weighted by atomic mass is 16.2. The molecule has 0 fully saturated rings. The molecule has 1 aromatic heterocycles. The van der Waals surface area contributed by atoms with Crippen LogP contribution in [0, 0.1) is 13.8 Å². The number of nitrogens with zero attached hydrogens (tertiary/aromatic N) is 3. The summed E-state index contributed by atoms with van der Waals surface area (Å²) in [5.74, 6) is 1.78. The highest BCUT2D eigenvalue weighted by molar-refractivity contribution is 5.81. The zero-order chi connectivity index (χ0) is 14.6. The van der Waals surface area contributed by atoms with E-state index < -0.39 is 0 Å². The van der Waals surface area contributed by atoms with E-state index in [1.807, 2.05) is 32.6 Å². The number of rotatable bonds is 5. The van der Waals surface area contributed by atoms with Crippen molar-refractivity contribution in [3.63, 3.8) is 0 Å². The van der Waals surface area contributed by atoms with E-state index in [1.165, 1.54) is 0 Å². The maximum atomic E-state index is 11.8. The Labute approximate surface area is 114 Å². The molecule has 6 nitrogen and oxygen atoms in total. The molecule has 0 radical (unpaired) electrons. The summed E-state index contributed by atoms with van der Waals surface area (Å²) in [5.41, 5.74) is 6.66. The van der Waals surface area contributed by atoms with Gasteiger partial charge >= 0.3 is 0 Å². The molecule has 0 saturated carbocycles. The molecule has 19 heavy (non-hydrogen) atoms. The summed E-state index contributed by atoms with van der Waals surface area (Å²) >= 11 is 0. The van der Waals surface area contributed by atoms with E-state index in [0.29, 0.717) is 18.2 Å². The highest BCUT2D eigenvalue weighted by Crippen LogP contribution is 2.21. The maximum Gasteiger partial charge on any atom is 0.239 e. The van der Waals surface area contributed by atoms with E-state index in [1.54, 1.807) is 6.92 Å². The summed E-state index contributed by atoms with van der Waals surface area (Å²) in [6, 6.07) is 0.129. The first kappa shape index (κ1) is 15.2. The van der Waals surface area contributed by atoms with Gasteiger partial charge in [0.15, 0.2) is 0 Å². The molecule has 0 atom stereocenters. The molecule has 0 aromatic carbocycles. The van der Waals surface area contributed by atoms with Gasteiger partial charge in [-0.15, -0.1) is 0 Å². The number of hydrogen-bond acceptors (Lipinski definition) is 5. The van der Waals surface area contributed by atoms with Crippen molar-refractivity contribution in [2.24, 2.45) is 0 Å². The van der Waals surface area contributed by atoms with E-state index in [2.05, 4.69) is 15.3 Å². The maximum absolute atomic E-state index is 11.8. The zero-order valence-corrected chi connectivity index (χ0v) is 12.3. The van der Waals surface area contributed by atoms with Crippen LogP contribution in [0.4, 0.5) is 11.6 Å². The number of aromatic nitrogens is 2. The number of anilines is 2. The lowest BCUT2D eigenvalue weighted by atomic mass is 10.2. The van der Waals surface area contributed by atoms with Gasteiger partial charge in [0.2, 0.25) is 5.91 Å². The van der Waals surface area contributed by atoms with Gasteiger partial charge in [-0.1, -0.05) is 0 Å². The standard InChI is InChI=1S/C13H23N5O/c1-6-18(7-11(19)15-8(2)3)13-9(4)12(14)16-10(5)17-13/h8H,6-7H2,1-5H3,(H,15,19)(H2,14,16,17). The average molecular weight is 265 g/mol. The van der Waals surface area contributed by atoms with Crippen molar-refractivity contribution in [1.82, 2.24) is 15.3 Å². The third kappa shape index (κ3) is 4.08. The average Bonchev–Trinajstić information content (AvgIpc) is 2.30.